The molecule has 0 bridgehead atoms. The number of amides is 1. The lowest BCUT2D eigenvalue weighted by Gasteiger charge is -2.13. The predicted molar refractivity (Wildman–Crippen MR) is 97.1 cm³/mol. The second kappa shape index (κ2) is 8.57. The number of carboxylic acids is 1. The van der Waals surface area contributed by atoms with E-state index in [9.17, 15) is 9.59 Å². The molecule has 2 aromatic rings. The van der Waals surface area contributed by atoms with Crippen LogP contribution in [-0.4, -0.2) is 35.2 Å². The average Bonchev–Trinajstić information content (AvgIpc) is 3.08. The Morgan fingerprint density at radius 1 is 1.22 bits per heavy atom. The van der Waals surface area contributed by atoms with E-state index < -0.39 is 12.6 Å². The van der Waals surface area contributed by atoms with Crippen LogP contribution in [0.3, 0.4) is 0 Å². The maximum atomic E-state index is 12.4. The molecule has 1 aromatic heterocycles. The number of oxazole rings is 1. The lowest BCUT2D eigenvalue weighted by atomic mass is 9.94. The van der Waals surface area contributed by atoms with Crippen LogP contribution in [0.15, 0.2) is 28.8 Å². The Morgan fingerprint density at radius 2 is 1.96 bits per heavy atom. The molecule has 8 nitrogen and oxygen atoms in total. The summed E-state index contributed by atoms with van der Waals surface area (Å²) in [4.78, 5) is 27.2. The van der Waals surface area contributed by atoms with Crippen molar-refractivity contribution >= 4 is 11.9 Å². The third-order valence-electron chi connectivity index (χ3n) is 3.55. The summed E-state index contributed by atoms with van der Waals surface area (Å²) in [5.74, 6) is 0.289. The van der Waals surface area contributed by atoms with E-state index in [4.69, 9.17) is 19.0 Å². The van der Waals surface area contributed by atoms with Crippen LogP contribution < -0.4 is 14.8 Å². The van der Waals surface area contributed by atoms with E-state index in [1.807, 2.05) is 20.8 Å². The second-order valence-corrected chi connectivity index (χ2v) is 6.83. The van der Waals surface area contributed by atoms with Crippen molar-refractivity contribution in [3.8, 4) is 11.5 Å². The third kappa shape index (κ3) is 5.73. The number of hydrogen-bond donors (Lipinski definition) is 2. The van der Waals surface area contributed by atoms with Crippen LogP contribution >= 0.6 is 0 Å². The van der Waals surface area contributed by atoms with E-state index >= 15 is 0 Å². The summed E-state index contributed by atoms with van der Waals surface area (Å²) in [6.07, 6.45) is 1.66. The molecule has 2 N–H and O–H groups in total. The highest BCUT2D eigenvalue weighted by molar-refractivity contribution is 5.94. The van der Waals surface area contributed by atoms with E-state index in [0.29, 0.717) is 23.8 Å². The van der Waals surface area contributed by atoms with E-state index in [1.165, 1.54) is 18.2 Å². The summed E-state index contributed by atoms with van der Waals surface area (Å²) in [5.41, 5.74) is 0.191. The quantitative estimate of drug-likeness (QED) is 0.729. The first-order chi connectivity index (χ1) is 12.7. The van der Waals surface area contributed by atoms with Gasteiger partial charge in [-0.05, 0) is 25.1 Å². The predicted octanol–water partition coefficient (Wildman–Crippen LogP) is 2.76. The standard InChI is InChI=1S/C19H24N2O6/c1-5-25-14-8-12(6-7-13(14)26-11-17(22)23)18(24)21-10-16-20-9-15(27-16)19(2,3)4/h6-9H,5,10-11H2,1-4H3,(H,21,24)(H,22,23). The highest BCUT2D eigenvalue weighted by Gasteiger charge is 2.19. The number of carbonyl (C=O) groups excluding carboxylic acids is 1. The highest BCUT2D eigenvalue weighted by Crippen LogP contribution is 2.28. The number of aromatic nitrogens is 1. The van der Waals surface area contributed by atoms with Crippen molar-refractivity contribution in [2.24, 2.45) is 0 Å². The first-order valence-corrected chi connectivity index (χ1v) is 8.55. The molecule has 0 saturated heterocycles. The van der Waals surface area contributed by atoms with Crippen LogP contribution in [0.4, 0.5) is 0 Å². The van der Waals surface area contributed by atoms with Crippen LogP contribution in [0, 0.1) is 0 Å². The third-order valence-corrected chi connectivity index (χ3v) is 3.55. The molecule has 2 rings (SSSR count). The van der Waals surface area contributed by atoms with Gasteiger partial charge in [0.15, 0.2) is 18.1 Å². The fraction of sp³-hybridized carbons (Fsp3) is 0.421. The molecule has 1 aromatic carbocycles. The Hall–Kier alpha value is -3.03. The highest BCUT2D eigenvalue weighted by atomic mass is 16.5. The molecule has 0 spiro atoms. The lowest BCUT2D eigenvalue weighted by Crippen LogP contribution is -2.23. The lowest BCUT2D eigenvalue weighted by molar-refractivity contribution is -0.139. The Morgan fingerprint density at radius 3 is 2.56 bits per heavy atom. The van der Waals surface area contributed by atoms with Gasteiger partial charge >= 0.3 is 5.97 Å². The van der Waals surface area contributed by atoms with Crippen molar-refractivity contribution in [2.45, 2.75) is 39.7 Å². The number of benzene rings is 1. The molecule has 0 fully saturated rings. The molecular weight excluding hydrogens is 352 g/mol. The molecule has 1 heterocycles. The zero-order valence-corrected chi connectivity index (χ0v) is 15.9. The molecule has 0 atom stereocenters. The Kier molecular flexibility index (Phi) is 6.44. The summed E-state index contributed by atoms with van der Waals surface area (Å²) in [5, 5.41) is 11.5. The van der Waals surface area contributed by atoms with Crippen molar-refractivity contribution in [3.63, 3.8) is 0 Å². The number of carbonyl (C=O) groups is 2. The van der Waals surface area contributed by atoms with Crippen LogP contribution in [0.5, 0.6) is 11.5 Å². The fourth-order valence-corrected chi connectivity index (χ4v) is 2.17. The number of aliphatic carboxylic acids is 1. The Labute approximate surface area is 157 Å². The molecule has 8 heteroatoms. The molecule has 0 saturated carbocycles. The average molecular weight is 376 g/mol. The van der Waals surface area contributed by atoms with Gasteiger partial charge in [-0.2, -0.15) is 0 Å². The molecule has 1 amide bonds. The topological polar surface area (TPSA) is 111 Å². The fourth-order valence-electron chi connectivity index (χ4n) is 2.17. The first kappa shape index (κ1) is 20.3. The van der Waals surface area contributed by atoms with Gasteiger partial charge < -0.3 is 24.3 Å². The Bertz CT molecular complexity index is 807. The van der Waals surface area contributed by atoms with Crippen molar-refractivity contribution in [1.29, 1.82) is 0 Å². The summed E-state index contributed by atoms with van der Waals surface area (Å²) in [6, 6.07) is 4.54. The van der Waals surface area contributed by atoms with E-state index in [1.54, 1.807) is 13.1 Å². The molecule has 0 aliphatic carbocycles. The number of nitrogens with one attached hydrogen (secondary N) is 1. The summed E-state index contributed by atoms with van der Waals surface area (Å²) in [6.45, 7) is 7.82. The SMILES string of the molecule is CCOc1cc(C(=O)NCc2ncc(C(C)(C)C)o2)ccc1OCC(=O)O. The van der Waals surface area contributed by atoms with Gasteiger partial charge in [0.25, 0.3) is 5.91 Å². The minimum atomic E-state index is -1.10. The van der Waals surface area contributed by atoms with Crippen LogP contribution in [0.1, 0.15) is 49.7 Å². The smallest absolute Gasteiger partial charge is 0.341 e. The van der Waals surface area contributed by atoms with E-state index in [0.717, 1.165) is 5.76 Å². The molecule has 0 aliphatic rings. The van der Waals surface area contributed by atoms with Gasteiger partial charge in [0.1, 0.15) is 5.76 Å². The Balaban J connectivity index is 2.05. The van der Waals surface area contributed by atoms with Gasteiger partial charge in [-0.1, -0.05) is 20.8 Å². The second-order valence-electron chi connectivity index (χ2n) is 6.83. The zero-order valence-electron chi connectivity index (χ0n) is 15.9. The number of hydrogen-bond acceptors (Lipinski definition) is 6. The van der Waals surface area contributed by atoms with Crippen molar-refractivity contribution in [3.05, 3.63) is 41.6 Å². The summed E-state index contributed by atoms with van der Waals surface area (Å²) < 4.78 is 16.2. The molecule has 0 radical (unpaired) electrons. The summed E-state index contributed by atoms with van der Waals surface area (Å²) in [7, 11) is 0. The van der Waals surface area contributed by atoms with Crippen LogP contribution in [-0.2, 0) is 16.8 Å². The van der Waals surface area contributed by atoms with Crippen LogP contribution in [0.2, 0.25) is 0 Å². The number of nitrogens with zero attached hydrogens (tertiary/aromatic N) is 1. The maximum Gasteiger partial charge on any atom is 0.341 e. The normalized spacial score (nSPS) is 11.1. The minimum Gasteiger partial charge on any atom is -0.490 e. The van der Waals surface area contributed by atoms with Crippen LogP contribution in [0.25, 0.3) is 0 Å². The molecule has 27 heavy (non-hydrogen) atoms. The van der Waals surface area contributed by atoms with Gasteiger partial charge in [0, 0.05) is 11.0 Å². The summed E-state index contributed by atoms with van der Waals surface area (Å²) >= 11 is 0. The van der Waals surface area contributed by atoms with E-state index in [-0.39, 0.29) is 23.6 Å². The van der Waals surface area contributed by atoms with Gasteiger partial charge in [0.2, 0.25) is 5.89 Å². The van der Waals surface area contributed by atoms with Gasteiger partial charge in [-0.3, -0.25) is 4.79 Å². The number of rotatable bonds is 8. The number of carboxylic acid groups (broad SMARTS) is 1. The van der Waals surface area contributed by atoms with Crippen molar-refractivity contribution in [1.82, 2.24) is 10.3 Å². The maximum absolute atomic E-state index is 12.4. The van der Waals surface area contributed by atoms with E-state index in [2.05, 4.69) is 10.3 Å². The minimum absolute atomic E-state index is 0.149. The molecular formula is C19H24N2O6. The van der Waals surface area contributed by atoms with Crippen molar-refractivity contribution < 1.29 is 28.6 Å². The zero-order chi connectivity index (χ0) is 20.0. The molecule has 0 aliphatic heterocycles. The largest absolute Gasteiger partial charge is 0.490 e. The van der Waals surface area contributed by atoms with Gasteiger partial charge in [-0.25, -0.2) is 9.78 Å². The van der Waals surface area contributed by atoms with Crippen molar-refractivity contribution in [2.75, 3.05) is 13.2 Å². The monoisotopic (exact) mass is 376 g/mol. The number of ether oxygens (including phenoxy) is 2. The van der Waals surface area contributed by atoms with Gasteiger partial charge in [0.05, 0.1) is 19.3 Å². The first-order valence-electron chi connectivity index (χ1n) is 8.55. The molecule has 0 unspecified atom stereocenters. The van der Waals surface area contributed by atoms with Gasteiger partial charge in [-0.15, -0.1) is 0 Å². The molecule has 146 valence electrons.